The van der Waals surface area contributed by atoms with Crippen LogP contribution >= 0.6 is 15.9 Å². The molecule has 96 valence electrons. The molecule has 3 rings (SSSR count). The maximum atomic E-state index is 13.7. The Hall–Kier alpha value is -1.95. The summed E-state index contributed by atoms with van der Waals surface area (Å²) in [6.45, 7) is 0. The van der Waals surface area contributed by atoms with E-state index in [1.807, 2.05) is 0 Å². The van der Waals surface area contributed by atoms with Crippen molar-refractivity contribution in [3.05, 3.63) is 46.4 Å². The average Bonchev–Trinajstić information content (AvgIpc) is 2.79. The van der Waals surface area contributed by atoms with Crippen molar-refractivity contribution in [2.45, 2.75) is 0 Å². The molecule has 3 nitrogen and oxygen atoms in total. The maximum absolute atomic E-state index is 13.7. The first-order valence-corrected chi connectivity index (χ1v) is 6.15. The number of rotatable bonds is 1. The van der Waals surface area contributed by atoms with Crippen LogP contribution in [0, 0.1) is 11.6 Å². The summed E-state index contributed by atoms with van der Waals surface area (Å²) in [6, 6.07) is 7.19. The molecular weight excluding hydrogens is 318 g/mol. The molecule has 2 aromatic carbocycles. The summed E-state index contributed by atoms with van der Waals surface area (Å²) < 4.78 is 33.1. The molecule has 0 fully saturated rings. The molecule has 0 aliphatic heterocycles. The number of halogens is 3. The first kappa shape index (κ1) is 12.1. The van der Waals surface area contributed by atoms with Crippen LogP contribution in [0.15, 0.2) is 39.2 Å². The molecule has 0 unspecified atom stereocenters. The number of hydrogen-bond donors (Lipinski definition) is 1. The van der Waals surface area contributed by atoms with Gasteiger partial charge >= 0.3 is 0 Å². The Morgan fingerprint density at radius 2 is 1.95 bits per heavy atom. The van der Waals surface area contributed by atoms with E-state index < -0.39 is 11.6 Å². The van der Waals surface area contributed by atoms with Crippen molar-refractivity contribution < 1.29 is 13.2 Å². The summed E-state index contributed by atoms with van der Waals surface area (Å²) in [5.74, 6) is -1.51. The molecule has 3 aromatic rings. The van der Waals surface area contributed by atoms with Crippen LogP contribution in [0.4, 0.5) is 14.5 Å². The smallest absolute Gasteiger partial charge is 0.230 e. The van der Waals surface area contributed by atoms with Gasteiger partial charge in [0.1, 0.15) is 17.2 Å². The van der Waals surface area contributed by atoms with Crippen LogP contribution < -0.4 is 5.73 Å². The van der Waals surface area contributed by atoms with Crippen molar-refractivity contribution in [3.63, 3.8) is 0 Å². The Morgan fingerprint density at radius 1 is 1.16 bits per heavy atom. The van der Waals surface area contributed by atoms with E-state index in [0.717, 1.165) is 0 Å². The van der Waals surface area contributed by atoms with Crippen LogP contribution in [0.25, 0.3) is 22.6 Å². The minimum absolute atomic E-state index is 0.0296. The van der Waals surface area contributed by atoms with Gasteiger partial charge in [-0.15, -0.1) is 0 Å². The minimum atomic E-state index is -0.807. The lowest BCUT2D eigenvalue weighted by atomic mass is 10.2. The third-order valence-corrected chi connectivity index (χ3v) is 3.31. The Labute approximate surface area is 115 Å². The largest absolute Gasteiger partial charge is 0.435 e. The zero-order valence-corrected chi connectivity index (χ0v) is 11.0. The highest BCUT2D eigenvalue weighted by Gasteiger charge is 2.16. The maximum Gasteiger partial charge on any atom is 0.230 e. The van der Waals surface area contributed by atoms with E-state index in [0.29, 0.717) is 21.6 Å². The fourth-order valence-electron chi connectivity index (χ4n) is 1.76. The Bertz CT molecular complexity index is 786. The van der Waals surface area contributed by atoms with Gasteiger partial charge in [-0.3, -0.25) is 0 Å². The van der Waals surface area contributed by atoms with Crippen LogP contribution in [-0.4, -0.2) is 4.98 Å². The molecular formula is C13H7BrF2N2O. The Kier molecular flexibility index (Phi) is 2.74. The summed E-state index contributed by atoms with van der Waals surface area (Å²) in [5, 5.41) is 0. The lowest BCUT2D eigenvalue weighted by molar-refractivity contribution is 0.573. The molecule has 0 spiro atoms. The van der Waals surface area contributed by atoms with E-state index in [9.17, 15) is 8.78 Å². The van der Waals surface area contributed by atoms with Crippen LogP contribution in [-0.2, 0) is 0 Å². The second-order valence-electron chi connectivity index (χ2n) is 3.96. The number of nitrogens with zero attached hydrogens (tertiary/aromatic N) is 1. The third kappa shape index (κ3) is 1.98. The van der Waals surface area contributed by atoms with E-state index in [2.05, 4.69) is 20.9 Å². The monoisotopic (exact) mass is 324 g/mol. The van der Waals surface area contributed by atoms with Crippen LogP contribution in [0.5, 0.6) is 0 Å². The van der Waals surface area contributed by atoms with Gasteiger partial charge in [-0.25, -0.2) is 13.8 Å². The van der Waals surface area contributed by atoms with Gasteiger partial charge in [0.25, 0.3) is 0 Å². The molecule has 0 amide bonds. The predicted octanol–water partition coefficient (Wildman–Crippen LogP) is 4.12. The third-order valence-electron chi connectivity index (χ3n) is 2.68. The molecule has 19 heavy (non-hydrogen) atoms. The van der Waals surface area contributed by atoms with Crippen LogP contribution in [0.1, 0.15) is 0 Å². The van der Waals surface area contributed by atoms with Gasteiger partial charge < -0.3 is 10.2 Å². The summed E-state index contributed by atoms with van der Waals surface area (Å²) in [4.78, 5) is 4.16. The summed E-state index contributed by atoms with van der Waals surface area (Å²) >= 11 is 3.32. The number of anilines is 1. The molecule has 0 aliphatic rings. The second kappa shape index (κ2) is 4.31. The number of aromatic nitrogens is 1. The van der Waals surface area contributed by atoms with Gasteiger partial charge in [-0.05, 0) is 34.1 Å². The first-order valence-electron chi connectivity index (χ1n) is 5.36. The van der Waals surface area contributed by atoms with Gasteiger partial charge in [0, 0.05) is 6.07 Å². The first-order chi connectivity index (χ1) is 9.06. The summed E-state index contributed by atoms with van der Waals surface area (Å²) in [6.07, 6.45) is 0. The lowest BCUT2D eigenvalue weighted by Gasteiger charge is -2.01. The zero-order chi connectivity index (χ0) is 13.6. The molecule has 0 radical (unpaired) electrons. The molecule has 2 N–H and O–H groups in total. The SMILES string of the molecule is Nc1cc(-c2nc3cccc(Br)c3o2)c(F)cc1F. The quantitative estimate of drug-likeness (QED) is 0.685. The van der Waals surface area contributed by atoms with Crippen LogP contribution in [0.3, 0.4) is 0 Å². The van der Waals surface area contributed by atoms with Crippen molar-refractivity contribution in [2.24, 2.45) is 0 Å². The lowest BCUT2D eigenvalue weighted by Crippen LogP contribution is -1.94. The van der Waals surface area contributed by atoms with Gasteiger partial charge in [0.05, 0.1) is 15.7 Å². The molecule has 0 atom stereocenters. The van der Waals surface area contributed by atoms with Crippen molar-refractivity contribution in [1.82, 2.24) is 4.98 Å². The van der Waals surface area contributed by atoms with Gasteiger partial charge in [-0.2, -0.15) is 0 Å². The fourth-order valence-corrected chi connectivity index (χ4v) is 2.20. The fraction of sp³-hybridized carbons (Fsp3) is 0. The predicted molar refractivity (Wildman–Crippen MR) is 71.5 cm³/mol. The number of nitrogens with two attached hydrogens (primary N) is 1. The number of hydrogen-bond acceptors (Lipinski definition) is 3. The Balaban J connectivity index is 2.25. The van der Waals surface area contributed by atoms with Crippen LogP contribution in [0.2, 0.25) is 0 Å². The highest BCUT2D eigenvalue weighted by Crippen LogP contribution is 2.31. The van der Waals surface area contributed by atoms with E-state index >= 15 is 0 Å². The number of benzene rings is 2. The van der Waals surface area contributed by atoms with Crippen molar-refractivity contribution in [2.75, 3.05) is 5.73 Å². The second-order valence-corrected chi connectivity index (χ2v) is 4.82. The molecule has 1 aromatic heterocycles. The molecule has 0 saturated carbocycles. The van der Waals surface area contributed by atoms with Crippen molar-refractivity contribution in [1.29, 1.82) is 0 Å². The summed E-state index contributed by atoms with van der Waals surface area (Å²) in [5.41, 5.74) is 6.38. The molecule has 1 heterocycles. The van der Waals surface area contributed by atoms with E-state index in [-0.39, 0.29) is 17.1 Å². The minimum Gasteiger partial charge on any atom is -0.435 e. The number of oxazole rings is 1. The van der Waals surface area contributed by atoms with E-state index in [1.54, 1.807) is 18.2 Å². The van der Waals surface area contributed by atoms with E-state index in [4.69, 9.17) is 10.2 Å². The van der Waals surface area contributed by atoms with Crippen molar-refractivity contribution >= 4 is 32.7 Å². The molecule has 0 saturated heterocycles. The van der Waals surface area contributed by atoms with Gasteiger partial charge in [0.2, 0.25) is 5.89 Å². The van der Waals surface area contributed by atoms with Crippen molar-refractivity contribution in [3.8, 4) is 11.5 Å². The topological polar surface area (TPSA) is 52.0 Å². The molecule has 6 heteroatoms. The zero-order valence-electron chi connectivity index (χ0n) is 9.45. The molecule has 0 aliphatic carbocycles. The highest BCUT2D eigenvalue weighted by molar-refractivity contribution is 9.10. The highest BCUT2D eigenvalue weighted by atomic mass is 79.9. The van der Waals surface area contributed by atoms with Gasteiger partial charge in [-0.1, -0.05) is 6.07 Å². The van der Waals surface area contributed by atoms with Gasteiger partial charge in [0.15, 0.2) is 5.58 Å². The summed E-state index contributed by atoms with van der Waals surface area (Å²) in [7, 11) is 0. The number of para-hydroxylation sites is 1. The number of fused-ring (bicyclic) bond motifs is 1. The molecule has 0 bridgehead atoms. The standard InChI is InChI=1S/C13H7BrF2N2O/c14-7-2-1-3-11-12(7)19-13(18-11)6-4-10(17)9(16)5-8(6)15/h1-5H,17H2. The average molecular weight is 325 g/mol. The normalized spacial score (nSPS) is 11.1. The number of nitrogen functional groups attached to an aromatic ring is 1. The van der Waals surface area contributed by atoms with E-state index in [1.165, 1.54) is 6.07 Å². The Morgan fingerprint density at radius 3 is 2.68 bits per heavy atom.